The van der Waals surface area contributed by atoms with E-state index in [0.29, 0.717) is 12.3 Å². The smallest absolute Gasteiger partial charge is 0.120 e. The molecule has 2 nitrogen and oxygen atoms in total. The molecular weight excluding hydrogens is 378 g/mol. The monoisotopic (exact) mass is 415 g/mol. The van der Waals surface area contributed by atoms with Gasteiger partial charge in [-0.1, -0.05) is 124 Å². The molecule has 0 aromatic heterocycles. The van der Waals surface area contributed by atoms with Crippen LogP contribution in [0.5, 0.6) is 0 Å². The second-order valence-electron chi connectivity index (χ2n) is 8.51. The van der Waals surface area contributed by atoms with Crippen molar-refractivity contribution in [1.29, 1.82) is 0 Å². The molecule has 3 aromatic rings. The fourth-order valence-electron chi connectivity index (χ4n) is 4.33. The maximum absolute atomic E-state index is 6.96. The van der Waals surface area contributed by atoms with Gasteiger partial charge >= 0.3 is 0 Å². The average molecular weight is 416 g/mol. The second kappa shape index (κ2) is 11.8. The number of hydrogen-bond acceptors (Lipinski definition) is 2. The number of nitrogens with two attached hydrogens (primary N) is 1. The predicted molar refractivity (Wildman–Crippen MR) is 131 cm³/mol. The summed E-state index contributed by atoms with van der Waals surface area (Å²) in [6, 6.07) is 31.5. The van der Waals surface area contributed by atoms with Crippen LogP contribution in [0.1, 0.15) is 68.7 Å². The average Bonchev–Trinajstić information content (AvgIpc) is 2.85. The van der Waals surface area contributed by atoms with Crippen LogP contribution in [0.2, 0.25) is 0 Å². The first-order valence-electron chi connectivity index (χ1n) is 11.7. The Bertz CT molecular complexity index is 824. The first kappa shape index (κ1) is 23.2. The Labute approximate surface area is 188 Å². The largest absolute Gasteiger partial charge is 0.365 e. The van der Waals surface area contributed by atoms with Gasteiger partial charge in [0, 0.05) is 12.5 Å². The van der Waals surface area contributed by atoms with E-state index in [0.717, 1.165) is 29.7 Å². The lowest BCUT2D eigenvalue weighted by atomic mass is 9.79. The zero-order valence-electron chi connectivity index (χ0n) is 19.0. The highest BCUT2D eigenvalue weighted by atomic mass is 16.5. The Morgan fingerprint density at radius 1 is 0.774 bits per heavy atom. The van der Waals surface area contributed by atoms with Crippen molar-refractivity contribution in [3.05, 3.63) is 108 Å². The normalized spacial score (nSPS) is 13.6. The van der Waals surface area contributed by atoms with Gasteiger partial charge in [0.25, 0.3) is 0 Å². The van der Waals surface area contributed by atoms with Crippen LogP contribution in [0.15, 0.2) is 91.0 Å². The minimum absolute atomic E-state index is 0.127. The molecule has 0 heterocycles. The van der Waals surface area contributed by atoms with Crippen molar-refractivity contribution in [2.75, 3.05) is 6.61 Å². The van der Waals surface area contributed by atoms with E-state index in [2.05, 4.69) is 98.8 Å². The Kier molecular flexibility index (Phi) is 8.87. The molecule has 2 N–H and O–H groups in total. The third kappa shape index (κ3) is 6.06. The summed E-state index contributed by atoms with van der Waals surface area (Å²) in [4.78, 5) is 0. The molecule has 2 atom stereocenters. The van der Waals surface area contributed by atoms with Gasteiger partial charge < -0.3 is 10.5 Å². The first-order valence-corrected chi connectivity index (χ1v) is 11.7. The number of rotatable bonds is 12. The van der Waals surface area contributed by atoms with Crippen LogP contribution in [0.3, 0.4) is 0 Å². The molecule has 2 heteroatoms. The molecule has 164 valence electrons. The van der Waals surface area contributed by atoms with Gasteiger partial charge in [-0.05, 0) is 29.0 Å². The van der Waals surface area contributed by atoms with Crippen LogP contribution in [-0.4, -0.2) is 6.61 Å². The lowest BCUT2D eigenvalue weighted by Gasteiger charge is -2.38. The second-order valence-corrected chi connectivity index (χ2v) is 8.51. The predicted octanol–water partition coefficient (Wildman–Crippen LogP) is 7.25. The third-order valence-electron chi connectivity index (χ3n) is 6.32. The molecule has 0 saturated carbocycles. The van der Waals surface area contributed by atoms with E-state index in [1.54, 1.807) is 0 Å². The quantitative estimate of drug-likeness (QED) is 0.338. The van der Waals surface area contributed by atoms with Crippen LogP contribution >= 0.6 is 0 Å². The van der Waals surface area contributed by atoms with Crippen LogP contribution in [0.4, 0.5) is 0 Å². The van der Waals surface area contributed by atoms with Gasteiger partial charge in [-0.3, -0.25) is 0 Å². The third-order valence-corrected chi connectivity index (χ3v) is 6.32. The fourth-order valence-corrected chi connectivity index (χ4v) is 4.33. The number of unbranched alkanes of at least 4 members (excludes halogenated alkanes) is 1. The maximum Gasteiger partial charge on any atom is 0.120 e. The van der Waals surface area contributed by atoms with Gasteiger partial charge in [0.05, 0.1) is 6.61 Å². The van der Waals surface area contributed by atoms with Gasteiger partial charge in [-0.25, -0.2) is 0 Å². The molecule has 0 aliphatic heterocycles. The molecule has 2 unspecified atom stereocenters. The molecule has 0 aliphatic carbocycles. The van der Waals surface area contributed by atoms with E-state index in [9.17, 15) is 0 Å². The van der Waals surface area contributed by atoms with Gasteiger partial charge in [0.2, 0.25) is 0 Å². The first-order chi connectivity index (χ1) is 15.2. The Hall–Kier alpha value is -2.42. The summed E-state index contributed by atoms with van der Waals surface area (Å²) in [7, 11) is 0. The van der Waals surface area contributed by atoms with Crippen LogP contribution in [0, 0.1) is 5.92 Å². The van der Waals surface area contributed by atoms with Crippen molar-refractivity contribution in [3.63, 3.8) is 0 Å². The molecule has 0 amide bonds. The molecule has 3 aromatic carbocycles. The minimum atomic E-state index is -0.586. The van der Waals surface area contributed by atoms with Gasteiger partial charge in [-0.2, -0.15) is 0 Å². The Morgan fingerprint density at radius 2 is 1.29 bits per heavy atom. The molecule has 0 spiro atoms. The maximum atomic E-state index is 6.96. The Morgan fingerprint density at radius 3 is 1.77 bits per heavy atom. The summed E-state index contributed by atoms with van der Waals surface area (Å²) in [5.41, 5.74) is 9.68. The van der Waals surface area contributed by atoms with Crippen molar-refractivity contribution < 1.29 is 4.74 Å². The zero-order chi connectivity index (χ0) is 21.9. The summed E-state index contributed by atoms with van der Waals surface area (Å²) in [5.74, 6) is 0.555. The zero-order valence-corrected chi connectivity index (χ0v) is 19.0. The molecular formula is C29H37NO. The van der Waals surface area contributed by atoms with Gasteiger partial charge in [0.1, 0.15) is 5.60 Å². The summed E-state index contributed by atoms with van der Waals surface area (Å²) < 4.78 is 6.96. The highest BCUT2D eigenvalue weighted by Crippen LogP contribution is 2.41. The van der Waals surface area contributed by atoms with Crippen molar-refractivity contribution >= 4 is 0 Å². The number of benzene rings is 3. The van der Waals surface area contributed by atoms with Gasteiger partial charge in [0.15, 0.2) is 0 Å². The number of ether oxygens (including phenoxy) is 1. The fraction of sp³-hybridized carbons (Fsp3) is 0.379. The Balaban J connectivity index is 2.01. The van der Waals surface area contributed by atoms with Crippen molar-refractivity contribution in [2.24, 2.45) is 11.7 Å². The number of hydrogen-bond donors (Lipinski definition) is 1. The molecule has 31 heavy (non-hydrogen) atoms. The molecule has 0 radical (unpaired) electrons. The van der Waals surface area contributed by atoms with E-state index in [-0.39, 0.29) is 6.04 Å². The lowest BCUT2D eigenvalue weighted by Crippen LogP contribution is -2.37. The molecule has 0 fully saturated rings. The minimum Gasteiger partial charge on any atom is -0.365 e. The molecule has 0 aliphatic rings. The summed E-state index contributed by atoms with van der Waals surface area (Å²) in [6.07, 6.45) is 5.49. The van der Waals surface area contributed by atoms with Crippen molar-refractivity contribution in [1.82, 2.24) is 0 Å². The topological polar surface area (TPSA) is 35.2 Å². The van der Waals surface area contributed by atoms with Crippen LogP contribution in [-0.2, 0) is 10.3 Å². The molecule has 0 saturated heterocycles. The van der Waals surface area contributed by atoms with Crippen molar-refractivity contribution in [2.45, 2.75) is 57.6 Å². The van der Waals surface area contributed by atoms with E-state index >= 15 is 0 Å². The lowest BCUT2D eigenvalue weighted by molar-refractivity contribution is -0.0483. The SMILES string of the molecule is CCCCC(CC)COC(CC(N)c1ccccc1)(c1ccccc1)c1ccccc1. The van der Waals surface area contributed by atoms with E-state index in [4.69, 9.17) is 10.5 Å². The highest BCUT2D eigenvalue weighted by Gasteiger charge is 2.38. The van der Waals surface area contributed by atoms with Crippen LogP contribution < -0.4 is 5.73 Å². The summed E-state index contributed by atoms with van der Waals surface area (Å²) in [6.45, 7) is 5.26. The van der Waals surface area contributed by atoms with E-state index in [1.165, 1.54) is 19.3 Å². The summed E-state index contributed by atoms with van der Waals surface area (Å²) in [5, 5.41) is 0. The van der Waals surface area contributed by atoms with E-state index < -0.39 is 5.60 Å². The highest BCUT2D eigenvalue weighted by molar-refractivity contribution is 5.37. The van der Waals surface area contributed by atoms with E-state index in [1.807, 2.05) is 6.07 Å². The molecule has 0 bridgehead atoms. The van der Waals surface area contributed by atoms with Crippen LogP contribution in [0.25, 0.3) is 0 Å². The molecule has 3 rings (SSSR count). The van der Waals surface area contributed by atoms with Gasteiger partial charge in [-0.15, -0.1) is 0 Å². The van der Waals surface area contributed by atoms with Crippen molar-refractivity contribution in [3.8, 4) is 0 Å². The summed E-state index contributed by atoms with van der Waals surface area (Å²) >= 11 is 0. The standard InChI is InChI=1S/C29H37NO/c1-3-5-15-24(4-2)23-31-29(26-18-11-7-12-19-26,27-20-13-8-14-21-27)22-28(30)25-16-9-6-10-17-25/h6-14,16-21,24,28H,3-5,15,22-23,30H2,1-2H3.